The Morgan fingerprint density at radius 1 is 0.452 bits per heavy atom. The van der Waals surface area contributed by atoms with Crippen LogP contribution < -0.4 is 0 Å². The molecule has 0 saturated heterocycles. The number of carbonyl (C=O) groups is 2. The summed E-state index contributed by atoms with van der Waals surface area (Å²) in [6.07, 6.45) is 16.0. The van der Waals surface area contributed by atoms with Crippen LogP contribution in [0.3, 0.4) is 0 Å². The molecule has 5 heteroatoms. The number of hydrogen-bond acceptors (Lipinski definition) is 5. The van der Waals surface area contributed by atoms with Gasteiger partial charge in [-0.2, -0.15) is 0 Å². The van der Waals surface area contributed by atoms with E-state index in [1.165, 1.54) is 51.4 Å². The quantitative estimate of drug-likeness (QED) is 0.136. The predicted molar refractivity (Wildman–Crippen MR) is 129 cm³/mol. The van der Waals surface area contributed by atoms with Crippen LogP contribution in [0.4, 0.5) is 0 Å². The van der Waals surface area contributed by atoms with Gasteiger partial charge in [-0.25, -0.2) is 0 Å². The van der Waals surface area contributed by atoms with Gasteiger partial charge in [-0.1, -0.05) is 79.1 Å². The Morgan fingerprint density at radius 3 is 1.19 bits per heavy atom. The Hall–Kier alpha value is -1.10. The third-order valence-corrected chi connectivity index (χ3v) is 4.82. The minimum Gasteiger partial charge on any atom is -0.466 e. The zero-order chi connectivity index (χ0) is 23.4. The van der Waals surface area contributed by atoms with Crippen molar-refractivity contribution in [3.05, 3.63) is 0 Å². The molecule has 5 nitrogen and oxygen atoms in total. The van der Waals surface area contributed by atoms with Crippen molar-refractivity contribution in [2.75, 3.05) is 26.4 Å². The number of ether oxygens (including phenoxy) is 3. The summed E-state index contributed by atoms with van der Waals surface area (Å²) in [5.74, 6) is -0.297. The summed E-state index contributed by atoms with van der Waals surface area (Å²) in [5.41, 5.74) is 0. The molecular formula is C26H52O5. The topological polar surface area (TPSA) is 61.8 Å². The molecule has 0 amide bonds. The lowest BCUT2D eigenvalue weighted by molar-refractivity contribution is -0.146. The average Bonchev–Trinajstić information content (AvgIpc) is 2.77. The summed E-state index contributed by atoms with van der Waals surface area (Å²) >= 11 is 0. The summed E-state index contributed by atoms with van der Waals surface area (Å²) in [7, 11) is 0. The minimum absolute atomic E-state index is 0.149. The molecule has 0 unspecified atom stereocenters. The van der Waals surface area contributed by atoms with Crippen LogP contribution in [-0.2, 0) is 23.8 Å². The molecular weight excluding hydrogens is 392 g/mol. The summed E-state index contributed by atoms with van der Waals surface area (Å²) in [5, 5.41) is 0. The fraction of sp³-hybridized carbons (Fsp3) is 0.923. The van der Waals surface area contributed by atoms with Crippen molar-refractivity contribution in [2.24, 2.45) is 0 Å². The number of esters is 2. The second-order valence-corrected chi connectivity index (χ2v) is 8.09. The van der Waals surface area contributed by atoms with Gasteiger partial charge in [0, 0.05) is 26.1 Å². The largest absolute Gasteiger partial charge is 0.466 e. The van der Waals surface area contributed by atoms with Crippen LogP contribution >= 0.6 is 0 Å². The molecule has 186 valence electrons. The van der Waals surface area contributed by atoms with E-state index in [0.717, 1.165) is 38.9 Å². The Morgan fingerprint density at radius 2 is 0.839 bits per heavy atom. The van der Waals surface area contributed by atoms with Crippen LogP contribution in [0.1, 0.15) is 130 Å². The van der Waals surface area contributed by atoms with Gasteiger partial charge in [0.05, 0.1) is 13.2 Å². The Labute approximate surface area is 193 Å². The van der Waals surface area contributed by atoms with Gasteiger partial charge in [-0.3, -0.25) is 9.59 Å². The highest BCUT2D eigenvalue weighted by Crippen LogP contribution is 2.06. The summed E-state index contributed by atoms with van der Waals surface area (Å²) in [6, 6.07) is 0. The van der Waals surface area contributed by atoms with Gasteiger partial charge in [0.25, 0.3) is 0 Å². The molecule has 0 atom stereocenters. The van der Waals surface area contributed by atoms with Gasteiger partial charge in [-0.05, 0) is 38.5 Å². The zero-order valence-corrected chi connectivity index (χ0v) is 21.2. The molecule has 0 heterocycles. The van der Waals surface area contributed by atoms with Crippen molar-refractivity contribution < 1.29 is 23.8 Å². The Balaban J connectivity index is 0. The molecule has 0 radical (unpaired) electrons. The third kappa shape index (κ3) is 31.2. The molecule has 0 bridgehead atoms. The molecule has 0 spiro atoms. The van der Waals surface area contributed by atoms with Crippen molar-refractivity contribution in [3.8, 4) is 0 Å². The van der Waals surface area contributed by atoms with Gasteiger partial charge >= 0.3 is 11.9 Å². The molecule has 0 aromatic carbocycles. The molecule has 31 heavy (non-hydrogen) atoms. The van der Waals surface area contributed by atoms with Gasteiger partial charge < -0.3 is 14.2 Å². The van der Waals surface area contributed by atoms with E-state index < -0.39 is 0 Å². The lowest BCUT2D eigenvalue weighted by Crippen LogP contribution is -2.08. The summed E-state index contributed by atoms with van der Waals surface area (Å²) in [6.45, 7) is 11.6. The fourth-order valence-electron chi connectivity index (χ4n) is 2.71. The summed E-state index contributed by atoms with van der Waals surface area (Å²) in [4.78, 5) is 22.9. The monoisotopic (exact) mass is 444 g/mol. The predicted octanol–water partition coefficient (Wildman–Crippen LogP) is 7.40. The van der Waals surface area contributed by atoms with E-state index in [-0.39, 0.29) is 11.9 Å². The van der Waals surface area contributed by atoms with Crippen molar-refractivity contribution in [1.82, 2.24) is 0 Å². The van der Waals surface area contributed by atoms with E-state index in [9.17, 15) is 9.59 Å². The maximum absolute atomic E-state index is 11.5. The zero-order valence-electron chi connectivity index (χ0n) is 21.2. The van der Waals surface area contributed by atoms with Crippen LogP contribution in [0.15, 0.2) is 0 Å². The highest BCUT2D eigenvalue weighted by atomic mass is 16.5. The van der Waals surface area contributed by atoms with Crippen LogP contribution in [0.2, 0.25) is 0 Å². The minimum atomic E-state index is -0.149. The smallest absolute Gasteiger partial charge is 0.305 e. The molecule has 0 aliphatic carbocycles. The van der Waals surface area contributed by atoms with Crippen molar-refractivity contribution in [1.29, 1.82) is 0 Å². The van der Waals surface area contributed by atoms with E-state index in [4.69, 9.17) is 14.2 Å². The first-order valence-corrected chi connectivity index (χ1v) is 13.0. The van der Waals surface area contributed by atoms with Gasteiger partial charge in [0.15, 0.2) is 0 Å². The fourth-order valence-corrected chi connectivity index (χ4v) is 2.71. The van der Waals surface area contributed by atoms with Crippen molar-refractivity contribution in [3.63, 3.8) is 0 Å². The van der Waals surface area contributed by atoms with Crippen LogP contribution in [0.5, 0.6) is 0 Å². The molecule has 0 fully saturated rings. The number of carbonyl (C=O) groups excluding carboxylic acids is 2. The molecule has 0 aliphatic heterocycles. The normalized spacial score (nSPS) is 10.3. The van der Waals surface area contributed by atoms with Crippen molar-refractivity contribution in [2.45, 2.75) is 130 Å². The third-order valence-electron chi connectivity index (χ3n) is 4.82. The van der Waals surface area contributed by atoms with E-state index in [1.807, 2.05) is 0 Å². The molecule has 0 aromatic heterocycles. The Bertz CT molecular complexity index is 337. The SMILES string of the molecule is CCCCCCOC(=O)CCCCC(=O)OCCCCCC.CCCCOCCCC. The first kappa shape index (κ1) is 32.1. The van der Waals surface area contributed by atoms with Crippen molar-refractivity contribution >= 4 is 11.9 Å². The molecule has 0 aromatic rings. The van der Waals surface area contributed by atoms with Gasteiger partial charge in [-0.15, -0.1) is 0 Å². The number of rotatable bonds is 21. The summed E-state index contributed by atoms with van der Waals surface area (Å²) < 4.78 is 15.6. The van der Waals surface area contributed by atoms with Crippen LogP contribution in [0.25, 0.3) is 0 Å². The molecule has 0 rings (SSSR count). The second kappa shape index (κ2) is 28.9. The number of unbranched alkanes of at least 4 members (excludes halogenated alkanes) is 9. The maximum atomic E-state index is 11.5. The lowest BCUT2D eigenvalue weighted by Gasteiger charge is -2.05. The molecule has 0 N–H and O–H groups in total. The second-order valence-electron chi connectivity index (χ2n) is 8.09. The average molecular weight is 445 g/mol. The lowest BCUT2D eigenvalue weighted by atomic mass is 10.2. The van der Waals surface area contributed by atoms with E-state index in [0.29, 0.717) is 38.9 Å². The molecule has 0 aliphatic rings. The van der Waals surface area contributed by atoms with E-state index in [2.05, 4.69) is 27.7 Å². The van der Waals surface area contributed by atoms with Gasteiger partial charge in [0.1, 0.15) is 0 Å². The highest BCUT2D eigenvalue weighted by molar-refractivity contribution is 5.70. The van der Waals surface area contributed by atoms with Crippen LogP contribution in [-0.4, -0.2) is 38.4 Å². The first-order valence-electron chi connectivity index (χ1n) is 13.0. The van der Waals surface area contributed by atoms with E-state index in [1.54, 1.807) is 0 Å². The highest BCUT2D eigenvalue weighted by Gasteiger charge is 2.06. The Kier molecular flexibility index (Phi) is 29.9. The molecule has 0 saturated carbocycles. The number of hydrogen-bond donors (Lipinski definition) is 0. The first-order chi connectivity index (χ1) is 15.1. The standard InChI is InChI=1S/C18H34O4.C8H18O/c1-3-5-7-11-15-21-17(19)13-9-10-14-18(20)22-16-12-8-6-4-2;1-3-5-7-9-8-6-4-2/h3-16H2,1-2H3;3-8H2,1-2H3. The maximum Gasteiger partial charge on any atom is 0.305 e. The van der Waals surface area contributed by atoms with Gasteiger partial charge in [0.2, 0.25) is 0 Å². The van der Waals surface area contributed by atoms with E-state index >= 15 is 0 Å². The van der Waals surface area contributed by atoms with Crippen LogP contribution in [0, 0.1) is 0 Å².